The summed E-state index contributed by atoms with van der Waals surface area (Å²) in [6.45, 7) is 0. The SMILES string of the molecule is N#Cc1nc(Nc2ccccc2I)c2ccccc2n1. The first kappa shape index (κ1) is 12.8. The molecule has 1 aromatic heterocycles. The van der Waals surface area contributed by atoms with Crippen molar-refractivity contribution in [2.75, 3.05) is 5.32 Å². The molecule has 0 atom stereocenters. The molecule has 1 heterocycles. The Morgan fingerprint density at radius 1 is 1.00 bits per heavy atom. The van der Waals surface area contributed by atoms with Crippen LogP contribution in [0.25, 0.3) is 10.9 Å². The molecule has 0 aliphatic heterocycles. The lowest BCUT2D eigenvalue weighted by molar-refractivity contribution is 1.16. The van der Waals surface area contributed by atoms with Crippen LogP contribution in [0.3, 0.4) is 0 Å². The second-order valence-corrected chi connectivity index (χ2v) is 5.29. The van der Waals surface area contributed by atoms with Gasteiger partial charge in [0.1, 0.15) is 11.9 Å². The van der Waals surface area contributed by atoms with Gasteiger partial charge in [-0.05, 0) is 46.9 Å². The number of anilines is 2. The average Bonchev–Trinajstić information content (AvgIpc) is 2.49. The van der Waals surface area contributed by atoms with E-state index in [-0.39, 0.29) is 5.82 Å². The lowest BCUT2D eigenvalue weighted by Crippen LogP contribution is -2.00. The van der Waals surface area contributed by atoms with E-state index in [2.05, 4.69) is 37.9 Å². The minimum absolute atomic E-state index is 0.164. The van der Waals surface area contributed by atoms with Gasteiger partial charge in [0.25, 0.3) is 0 Å². The number of nitrogens with zero attached hydrogens (tertiary/aromatic N) is 3. The molecule has 0 aliphatic carbocycles. The maximum atomic E-state index is 9.04. The second-order valence-electron chi connectivity index (χ2n) is 4.13. The molecule has 5 heteroatoms. The highest BCUT2D eigenvalue weighted by molar-refractivity contribution is 14.1. The number of rotatable bonds is 2. The van der Waals surface area contributed by atoms with Crippen molar-refractivity contribution in [1.29, 1.82) is 5.26 Å². The number of nitrogens with one attached hydrogen (secondary N) is 1. The van der Waals surface area contributed by atoms with Gasteiger partial charge >= 0.3 is 0 Å². The van der Waals surface area contributed by atoms with E-state index in [1.807, 2.05) is 54.6 Å². The molecular weight excluding hydrogens is 363 g/mol. The molecule has 0 bridgehead atoms. The zero-order valence-electron chi connectivity index (χ0n) is 10.3. The predicted molar refractivity (Wildman–Crippen MR) is 86.7 cm³/mol. The highest BCUT2D eigenvalue weighted by Gasteiger charge is 2.08. The number of fused-ring (bicyclic) bond motifs is 1. The normalized spacial score (nSPS) is 10.2. The van der Waals surface area contributed by atoms with Gasteiger partial charge in [0.15, 0.2) is 0 Å². The van der Waals surface area contributed by atoms with Gasteiger partial charge in [0.05, 0.1) is 11.2 Å². The Morgan fingerprint density at radius 2 is 1.75 bits per heavy atom. The molecule has 0 radical (unpaired) electrons. The minimum atomic E-state index is 0.164. The van der Waals surface area contributed by atoms with E-state index in [1.54, 1.807) is 0 Å². The number of hydrogen-bond acceptors (Lipinski definition) is 4. The van der Waals surface area contributed by atoms with Crippen molar-refractivity contribution in [3.8, 4) is 6.07 Å². The Morgan fingerprint density at radius 3 is 2.55 bits per heavy atom. The quantitative estimate of drug-likeness (QED) is 0.695. The molecule has 0 fully saturated rings. The predicted octanol–water partition coefficient (Wildman–Crippen LogP) is 3.85. The molecule has 0 aliphatic rings. The summed E-state index contributed by atoms with van der Waals surface area (Å²) in [5.41, 5.74) is 1.72. The molecule has 96 valence electrons. The number of benzene rings is 2. The maximum Gasteiger partial charge on any atom is 0.234 e. The van der Waals surface area contributed by atoms with Crippen molar-refractivity contribution in [3.05, 3.63) is 57.9 Å². The summed E-state index contributed by atoms with van der Waals surface area (Å²) in [6, 6.07) is 17.6. The van der Waals surface area contributed by atoms with Crippen molar-refractivity contribution < 1.29 is 0 Å². The van der Waals surface area contributed by atoms with E-state index in [9.17, 15) is 0 Å². The van der Waals surface area contributed by atoms with Gasteiger partial charge < -0.3 is 5.32 Å². The first-order valence-corrected chi connectivity index (χ1v) is 7.04. The molecule has 0 saturated carbocycles. The van der Waals surface area contributed by atoms with Crippen molar-refractivity contribution >= 4 is 45.0 Å². The third-order valence-electron chi connectivity index (χ3n) is 2.83. The maximum absolute atomic E-state index is 9.04. The van der Waals surface area contributed by atoms with Crippen LogP contribution < -0.4 is 5.32 Å². The van der Waals surface area contributed by atoms with Gasteiger partial charge in [-0.3, -0.25) is 0 Å². The van der Waals surface area contributed by atoms with Crippen LogP contribution in [-0.4, -0.2) is 9.97 Å². The molecule has 1 N–H and O–H groups in total. The Hall–Kier alpha value is -2.20. The fourth-order valence-corrected chi connectivity index (χ4v) is 2.43. The van der Waals surface area contributed by atoms with Gasteiger partial charge in [-0.1, -0.05) is 24.3 Å². The van der Waals surface area contributed by atoms with E-state index in [0.29, 0.717) is 5.82 Å². The molecule has 0 spiro atoms. The number of para-hydroxylation sites is 2. The second kappa shape index (κ2) is 5.43. The lowest BCUT2D eigenvalue weighted by atomic mass is 10.2. The van der Waals surface area contributed by atoms with Crippen molar-refractivity contribution in [1.82, 2.24) is 9.97 Å². The lowest BCUT2D eigenvalue weighted by Gasteiger charge is -2.10. The van der Waals surface area contributed by atoms with Crippen LogP contribution in [0.15, 0.2) is 48.5 Å². The summed E-state index contributed by atoms with van der Waals surface area (Å²) in [5.74, 6) is 0.813. The summed E-state index contributed by atoms with van der Waals surface area (Å²) in [7, 11) is 0. The molecule has 0 unspecified atom stereocenters. The van der Waals surface area contributed by atoms with Crippen molar-refractivity contribution in [3.63, 3.8) is 0 Å². The van der Waals surface area contributed by atoms with E-state index in [4.69, 9.17) is 5.26 Å². The van der Waals surface area contributed by atoms with Gasteiger partial charge in [-0.25, -0.2) is 9.97 Å². The van der Waals surface area contributed by atoms with E-state index in [1.165, 1.54) is 0 Å². The van der Waals surface area contributed by atoms with E-state index in [0.717, 1.165) is 20.2 Å². The fraction of sp³-hybridized carbons (Fsp3) is 0. The van der Waals surface area contributed by atoms with Gasteiger partial charge in [-0.2, -0.15) is 5.26 Å². The molecule has 3 aromatic rings. The third kappa shape index (κ3) is 2.42. The van der Waals surface area contributed by atoms with Gasteiger partial charge in [0, 0.05) is 8.96 Å². The van der Waals surface area contributed by atoms with Crippen molar-refractivity contribution in [2.45, 2.75) is 0 Å². The number of nitriles is 1. The smallest absolute Gasteiger partial charge is 0.234 e. The topological polar surface area (TPSA) is 61.6 Å². The summed E-state index contributed by atoms with van der Waals surface area (Å²) >= 11 is 2.26. The summed E-state index contributed by atoms with van der Waals surface area (Å²) < 4.78 is 1.09. The molecule has 0 saturated heterocycles. The van der Waals surface area contributed by atoms with Crippen LogP contribution in [-0.2, 0) is 0 Å². The van der Waals surface area contributed by atoms with Gasteiger partial charge in [-0.15, -0.1) is 0 Å². The van der Waals surface area contributed by atoms with Gasteiger partial charge in [0.2, 0.25) is 5.82 Å². The number of hydrogen-bond donors (Lipinski definition) is 1. The molecular formula is C15H9IN4. The third-order valence-corrected chi connectivity index (χ3v) is 3.77. The molecule has 0 amide bonds. The Bertz CT molecular complexity index is 823. The Kier molecular flexibility index (Phi) is 3.48. The van der Waals surface area contributed by atoms with Crippen LogP contribution >= 0.6 is 22.6 Å². The monoisotopic (exact) mass is 372 g/mol. The van der Waals surface area contributed by atoms with Crippen LogP contribution in [0.4, 0.5) is 11.5 Å². The zero-order chi connectivity index (χ0) is 13.9. The largest absolute Gasteiger partial charge is 0.339 e. The van der Waals surface area contributed by atoms with Crippen LogP contribution in [0.1, 0.15) is 5.82 Å². The number of aromatic nitrogens is 2. The molecule has 3 rings (SSSR count). The number of halogens is 1. The standard InChI is InChI=1S/C15H9IN4/c16-11-6-2-4-8-13(11)19-15-10-5-1-3-7-12(10)18-14(9-17)20-15/h1-8H,(H,18,19,20). The minimum Gasteiger partial charge on any atom is -0.339 e. The average molecular weight is 372 g/mol. The van der Waals surface area contributed by atoms with Crippen LogP contribution in [0.2, 0.25) is 0 Å². The fourth-order valence-electron chi connectivity index (χ4n) is 1.91. The van der Waals surface area contributed by atoms with E-state index >= 15 is 0 Å². The Balaban J connectivity index is 2.16. The molecule has 4 nitrogen and oxygen atoms in total. The summed E-state index contributed by atoms with van der Waals surface area (Å²) in [6.07, 6.45) is 0. The zero-order valence-corrected chi connectivity index (χ0v) is 12.5. The Labute approximate surface area is 129 Å². The van der Waals surface area contributed by atoms with Crippen molar-refractivity contribution in [2.24, 2.45) is 0 Å². The molecule has 20 heavy (non-hydrogen) atoms. The van der Waals surface area contributed by atoms with E-state index < -0.39 is 0 Å². The van der Waals surface area contributed by atoms with Crippen LogP contribution in [0, 0.1) is 14.9 Å². The highest BCUT2D eigenvalue weighted by atomic mass is 127. The molecule has 2 aromatic carbocycles. The summed E-state index contributed by atoms with van der Waals surface area (Å²) in [5, 5.41) is 13.2. The summed E-state index contributed by atoms with van der Waals surface area (Å²) in [4.78, 5) is 8.47. The first-order valence-electron chi connectivity index (χ1n) is 5.96. The first-order chi connectivity index (χ1) is 9.78. The van der Waals surface area contributed by atoms with Crippen LogP contribution in [0.5, 0.6) is 0 Å². The highest BCUT2D eigenvalue weighted by Crippen LogP contribution is 2.26.